The third-order valence-electron chi connectivity index (χ3n) is 6.51. The third kappa shape index (κ3) is 4.30. The van der Waals surface area contributed by atoms with Gasteiger partial charge in [0.2, 0.25) is 11.8 Å². The van der Waals surface area contributed by atoms with E-state index in [1.54, 1.807) is 0 Å². The van der Waals surface area contributed by atoms with Crippen molar-refractivity contribution in [1.29, 1.82) is 0 Å². The lowest BCUT2D eigenvalue weighted by atomic mass is 10.0. The molecule has 27 heavy (non-hydrogen) atoms. The fraction of sp³-hybridized carbons (Fsp3) is 0.900. The number of amides is 2. The van der Waals surface area contributed by atoms with E-state index in [0.717, 1.165) is 45.4 Å². The van der Waals surface area contributed by atoms with Crippen LogP contribution in [0, 0.1) is 0 Å². The van der Waals surface area contributed by atoms with Gasteiger partial charge in [-0.3, -0.25) is 19.4 Å². The van der Waals surface area contributed by atoms with Crippen LogP contribution in [-0.4, -0.2) is 96.1 Å². The zero-order valence-corrected chi connectivity index (χ0v) is 17.4. The number of nitrogens with zero attached hydrogens (tertiary/aromatic N) is 3. The Morgan fingerprint density at radius 2 is 1.89 bits per heavy atom. The fourth-order valence-electron chi connectivity index (χ4n) is 4.69. The number of carbonyl (C=O) groups excluding carboxylic acids is 2. The van der Waals surface area contributed by atoms with E-state index in [4.69, 9.17) is 4.74 Å². The molecule has 2 amide bonds. The minimum atomic E-state index is -0.537. The summed E-state index contributed by atoms with van der Waals surface area (Å²) >= 11 is 0. The van der Waals surface area contributed by atoms with Gasteiger partial charge in [-0.15, -0.1) is 0 Å². The molecule has 2 atom stereocenters. The van der Waals surface area contributed by atoms with Crippen molar-refractivity contribution in [2.45, 2.75) is 70.6 Å². The Balaban J connectivity index is 1.55. The van der Waals surface area contributed by atoms with Gasteiger partial charge in [-0.25, -0.2) is 0 Å². The quantitative estimate of drug-likeness (QED) is 0.734. The average Bonchev–Trinajstić information content (AvgIpc) is 3.26. The molecule has 7 nitrogen and oxygen atoms in total. The number of nitrogens with one attached hydrogen (secondary N) is 1. The summed E-state index contributed by atoms with van der Waals surface area (Å²) in [6, 6.07) is 0.511. The molecule has 7 heteroatoms. The minimum absolute atomic E-state index is 0.0101. The summed E-state index contributed by atoms with van der Waals surface area (Å²) in [6.07, 6.45) is 3.04. The number of hydrogen-bond acceptors (Lipinski definition) is 5. The second kappa shape index (κ2) is 8.45. The molecular formula is C20H36N4O3. The lowest BCUT2D eigenvalue weighted by molar-refractivity contribution is -0.135. The summed E-state index contributed by atoms with van der Waals surface area (Å²) in [4.78, 5) is 32.1. The molecule has 3 aliphatic heterocycles. The van der Waals surface area contributed by atoms with Crippen LogP contribution in [0.2, 0.25) is 0 Å². The summed E-state index contributed by atoms with van der Waals surface area (Å²) in [5, 5.41) is 3.18. The van der Waals surface area contributed by atoms with E-state index in [1.807, 2.05) is 18.7 Å². The minimum Gasteiger partial charge on any atom is -0.379 e. The number of carbonyl (C=O) groups is 2. The van der Waals surface area contributed by atoms with Gasteiger partial charge in [-0.2, -0.15) is 0 Å². The Morgan fingerprint density at radius 1 is 1.19 bits per heavy atom. The van der Waals surface area contributed by atoms with Crippen LogP contribution in [-0.2, 0) is 14.3 Å². The van der Waals surface area contributed by atoms with Gasteiger partial charge in [-0.1, -0.05) is 0 Å². The molecule has 0 aromatic carbocycles. The van der Waals surface area contributed by atoms with Crippen LogP contribution in [0.3, 0.4) is 0 Å². The second-order valence-electron chi connectivity index (χ2n) is 8.83. The van der Waals surface area contributed by atoms with E-state index in [-0.39, 0.29) is 29.9 Å². The average molecular weight is 381 g/mol. The molecule has 0 aromatic rings. The van der Waals surface area contributed by atoms with Crippen molar-refractivity contribution in [3.63, 3.8) is 0 Å². The van der Waals surface area contributed by atoms with Gasteiger partial charge >= 0.3 is 0 Å². The van der Waals surface area contributed by atoms with Crippen LogP contribution in [0.5, 0.6) is 0 Å². The van der Waals surface area contributed by atoms with Crippen molar-refractivity contribution in [2.75, 3.05) is 45.9 Å². The van der Waals surface area contributed by atoms with E-state index in [2.05, 4.69) is 29.0 Å². The first-order valence-electron chi connectivity index (χ1n) is 10.5. The molecule has 3 heterocycles. The summed E-state index contributed by atoms with van der Waals surface area (Å²) in [5.41, 5.74) is -0.537. The fourth-order valence-corrected chi connectivity index (χ4v) is 4.69. The maximum atomic E-state index is 12.9. The van der Waals surface area contributed by atoms with Crippen LogP contribution in [0.15, 0.2) is 0 Å². The Labute approximate surface area is 163 Å². The number of morpholine rings is 1. The molecule has 154 valence electrons. The molecule has 3 fully saturated rings. The lowest BCUT2D eigenvalue weighted by Crippen LogP contribution is -2.59. The van der Waals surface area contributed by atoms with Crippen molar-refractivity contribution < 1.29 is 14.3 Å². The molecule has 0 radical (unpaired) electrons. The zero-order chi connectivity index (χ0) is 19.6. The highest BCUT2D eigenvalue weighted by Crippen LogP contribution is 2.27. The molecule has 3 aliphatic rings. The largest absolute Gasteiger partial charge is 0.379 e. The first-order valence-corrected chi connectivity index (χ1v) is 10.5. The predicted molar refractivity (Wildman–Crippen MR) is 104 cm³/mol. The summed E-state index contributed by atoms with van der Waals surface area (Å²) in [7, 11) is 0. The van der Waals surface area contributed by atoms with Gasteiger partial charge in [0.25, 0.3) is 0 Å². The normalized spacial score (nSPS) is 28.3. The summed E-state index contributed by atoms with van der Waals surface area (Å²) < 4.78 is 5.41. The van der Waals surface area contributed by atoms with E-state index in [1.165, 1.54) is 0 Å². The van der Waals surface area contributed by atoms with E-state index in [9.17, 15) is 9.59 Å². The topological polar surface area (TPSA) is 65.1 Å². The van der Waals surface area contributed by atoms with E-state index >= 15 is 0 Å². The van der Waals surface area contributed by atoms with E-state index < -0.39 is 5.54 Å². The summed E-state index contributed by atoms with van der Waals surface area (Å²) in [6.45, 7) is 13.5. The van der Waals surface area contributed by atoms with Crippen molar-refractivity contribution in [3.8, 4) is 0 Å². The van der Waals surface area contributed by atoms with Gasteiger partial charge in [0.15, 0.2) is 0 Å². The van der Waals surface area contributed by atoms with Gasteiger partial charge < -0.3 is 15.0 Å². The molecule has 0 aliphatic carbocycles. The number of hydrogen-bond donors (Lipinski definition) is 1. The van der Waals surface area contributed by atoms with Crippen molar-refractivity contribution in [3.05, 3.63) is 0 Å². The van der Waals surface area contributed by atoms with Crippen LogP contribution >= 0.6 is 0 Å². The van der Waals surface area contributed by atoms with Gasteiger partial charge in [0.1, 0.15) is 0 Å². The standard InChI is InChI=1S/C20H36N4O3/c1-15(2)23-9-7-17(18(23)25)24-8-5-6-16(24)14-21-19(26)20(3,4)22-10-12-27-13-11-22/h15-17H,5-14H2,1-4H3,(H,21,26). The van der Waals surface area contributed by atoms with Gasteiger partial charge in [0, 0.05) is 38.3 Å². The number of ether oxygens (including phenoxy) is 1. The van der Waals surface area contributed by atoms with Crippen molar-refractivity contribution in [1.82, 2.24) is 20.0 Å². The molecule has 3 saturated heterocycles. The van der Waals surface area contributed by atoms with Crippen LogP contribution in [0.25, 0.3) is 0 Å². The maximum absolute atomic E-state index is 12.9. The zero-order valence-electron chi connectivity index (χ0n) is 17.4. The highest BCUT2D eigenvalue weighted by molar-refractivity contribution is 5.85. The highest BCUT2D eigenvalue weighted by Gasteiger charge is 2.42. The Bertz CT molecular complexity index is 545. The highest BCUT2D eigenvalue weighted by atomic mass is 16.5. The number of likely N-dealkylation sites (tertiary alicyclic amines) is 2. The predicted octanol–water partition coefficient (Wildman–Crippen LogP) is 0.687. The molecule has 2 unspecified atom stereocenters. The molecule has 0 saturated carbocycles. The summed E-state index contributed by atoms with van der Waals surface area (Å²) in [5.74, 6) is 0.328. The molecule has 0 aromatic heterocycles. The Hall–Kier alpha value is -1.18. The molecule has 1 N–H and O–H groups in total. The second-order valence-corrected chi connectivity index (χ2v) is 8.83. The maximum Gasteiger partial charge on any atom is 0.240 e. The van der Waals surface area contributed by atoms with Crippen LogP contribution in [0.4, 0.5) is 0 Å². The van der Waals surface area contributed by atoms with Gasteiger partial charge in [-0.05, 0) is 53.5 Å². The first kappa shape index (κ1) is 20.6. The Morgan fingerprint density at radius 3 is 2.52 bits per heavy atom. The molecule has 0 bridgehead atoms. The van der Waals surface area contributed by atoms with Crippen LogP contribution < -0.4 is 5.32 Å². The lowest BCUT2D eigenvalue weighted by Gasteiger charge is -2.40. The molecule has 3 rings (SSSR count). The van der Waals surface area contributed by atoms with E-state index in [0.29, 0.717) is 19.8 Å². The van der Waals surface area contributed by atoms with Crippen LogP contribution in [0.1, 0.15) is 47.0 Å². The monoisotopic (exact) mass is 380 g/mol. The Kier molecular flexibility index (Phi) is 6.43. The first-order chi connectivity index (χ1) is 12.8. The van der Waals surface area contributed by atoms with Crippen molar-refractivity contribution >= 4 is 11.8 Å². The smallest absolute Gasteiger partial charge is 0.240 e. The molecular weight excluding hydrogens is 344 g/mol. The molecule has 0 spiro atoms. The number of rotatable bonds is 6. The van der Waals surface area contributed by atoms with Crippen molar-refractivity contribution in [2.24, 2.45) is 0 Å². The SMILES string of the molecule is CC(C)N1CCC(N2CCCC2CNC(=O)C(C)(C)N2CCOCC2)C1=O. The van der Waals surface area contributed by atoms with Gasteiger partial charge in [0.05, 0.1) is 24.8 Å². The third-order valence-corrected chi connectivity index (χ3v) is 6.51.